The zero-order valence-corrected chi connectivity index (χ0v) is 21.0. The largest absolute Gasteiger partial charge is 0.490 e. The molecule has 8 nitrogen and oxygen atoms in total. The standard InChI is InChI=1S/C28H23N3O5S/c1-3-35-24-13-18(11-12-23(24)36-17-21-8-5-4-7-20(21)16-29)14-25-26(32)31(2)28(37-25)30-22-10-6-9-19(15-22)27(33)34/h4-15H,3,17H2,1-2H3,(H,33,34). The SMILES string of the molecule is CCOc1cc(C=C2SC(=Nc3cccc(C(=O)O)c3)N(C)C2=O)ccc1OCc1ccccc1C#N. The quantitative estimate of drug-likeness (QED) is 0.398. The molecule has 1 saturated heterocycles. The number of carbonyl (C=O) groups is 2. The van der Waals surface area contributed by atoms with Crippen LogP contribution < -0.4 is 9.47 Å². The van der Waals surface area contributed by atoms with Crippen molar-refractivity contribution in [1.29, 1.82) is 5.26 Å². The fraction of sp³-hybridized carbons (Fsp3) is 0.143. The highest BCUT2D eigenvalue weighted by atomic mass is 32.2. The Morgan fingerprint density at radius 1 is 1.11 bits per heavy atom. The van der Waals surface area contributed by atoms with E-state index in [1.54, 1.807) is 49.5 Å². The zero-order chi connectivity index (χ0) is 26.4. The number of likely N-dealkylation sites (N-methyl/N-ethyl adjacent to an activating group) is 1. The maximum absolute atomic E-state index is 12.9. The Morgan fingerprint density at radius 3 is 2.68 bits per heavy atom. The van der Waals surface area contributed by atoms with E-state index in [1.807, 2.05) is 25.1 Å². The van der Waals surface area contributed by atoms with Gasteiger partial charge in [0.15, 0.2) is 16.7 Å². The van der Waals surface area contributed by atoms with Gasteiger partial charge in [-0.1, -0.05) is 30.3 Å². The molecule has 1 heterocycles. The number of carbonyl (C=O) groups excluding carboxylic acids is 1. The van der Waals surface area contributed by atoms with Gasteiger partial charge < -0.3 is 14.6 Å². The number of nitrogens with zero attached hydrogens (tertiary/aromatic N) is 3. The number of carboxylic acids is 1. The summed E-state index contributed by atoms with van der Waals surface area (Å²) in [5.74, 6) is -0.211. The van der Waals surface area contributed by atoms with Gasteiger partial charge in [-0.05, 0) is 66.7 Å². The molecule has 1 aliphatic rings. The Morgan fingerprint density at radius 2 is 1.92 bits per heavy atom. The van der Waals surface area contributed by atoms with E-state index in [0.717, 1.165) is 11.1 Å². The van der Waals surface area contributed by atoms with Gasteiger partial charge in [0.1, 0.15) is 6.61 Å². The number of aromatic carboxylic acids is 1. The molecule has 0 aromatic heterocycles. The summed E-state index contributed by atoms with van der Waals surface area (Å²) in [6.45, 7) is 2.51. The van der Waals surface area contributed by atoms with Crippen LogP contribution in [-0.4, -0.2) is 40.7 Å². The van der Waals surface area contributed by atoms with Gasteiger partial charge in [-0.15, -0.1) is 0 Å². The number of benzene rings is 3. The molecule has 0 bridgehead atoms. The normalized spacial score (nSPS) is 15.2. The van der Waals surface area contributed by atoms with E-state index in [-0.39, 0.29) is 18.1 Å². The average Bonchev–Trinajstić information content (AvgIpc) is 3.16. The van der Waals surface area contributed by atoms with Gasteiger partial charge in [0, 0.05) is 12.6 Å². The molecule has 0 radical (unpaired) electrons. The summed E-state index contributed by atoms with van der Waals surface area (Å²) in [6.07, 6.45) is 1.75. The topological polar surface area (TPSA) is 112 Å². The van der Waals surface area contributed by atoms with Crippen molar-refractivity contribution >= 4 is 40.6 Å². The Kier molecular flexibility index (Phi) is 7.91. The lowest BCUT2D eigenvalue weighted by Crippen LogP contribution is -2.23. The van der Waals surface area contributed by atoms with Crippen molar-refractivity contribution in [3.05, 3.63) is 93.9 Å². The summed E-state index contributed by atoms with van der Waals surface area (Å²) in [5, 5.41) is 19.0. The average molecular weight is 514 g/mol. The summed E-state index contributed by atoms with van der Waals surface area (Å²) in [7, 11) is 1.62. The lowest BCUT2D eigenvalue weighted by atomic mass is 10.1. The van der Waals surface area contributed by atoms with E-state index in [2.05, 4.69) is 11.1 Å². The summed E-state index contributed by atoms with van der Waals surface area (Å²) in [4.78, 5) is 30.5. The maximum Gasteiger partial charge on any atom is 0.335 e. The first-order chi connectivity index (χ1) is 17.9. The van der Waals surface area contributed by atoms with Crippen molar-refractivity contribution in [3.8, 4) is 17.6 Å². The monoisotopic (exact) mass is 513 g/mol. The molecule has 37 heavy (non-hydrogen) atoms. The third-order valence-corrected chi connectivity index (χ3v) is 6.47. The van der Waals surface area contributed by atoms with Crippen LogP contribution in [0.1, 0.15) is 34.0 Å². The number of carboxylic acid groups (broad SMARTS) is 1. The van der Waals surface area contributed by atoms with Gasteiger partial charge in [-0.2, -0.15) is 5.26 Å². The number of hydrogen-bond donors (Lipinski definition) is 1. The van der Waals surface area contributed by atoms with Gasteiger partial charge in [-0.3, -0.25) is 9.69 Å². The summed E-state index contributed by atoms with van der Waals surface area (Å²) in [5.41, 5.74) is 2.63. The highest BCUT2D eigenvalue weighted by molar-refractivity contribution is 8.18. The predicted octanol–water partition coefficient (Wildman–Crippen LogP) is 5.47. The molecule has 0 aliphatic carbocycles. The van der Waals surface area contributed by atoms with E-state index in [0.29, 0.717) is 39.4 Å². The molecule has 9 heteroatoms. The fourth-order valence-corrected chi connectivity index (χ4v) is 4.52. The number of rotatable bonds is 8. The fourth-order valence-electron chi connectivity index (χ4n) is 3.53. The van der Waals surface area contributed by atoms with Crippen molar-refractivity contribution in [2.75, 3.05) is 13.7 Å². The van der Waals surface area contributed by atoms with Crippen LogP contribution in [0, 0.1) is 11.3 Å². The van der Waals surface area contributed by atoms with Gasteiger partial charge in [-0.25, -0.2) is 9.79 Å². The van der Waals surface area contributed by atoms with Crippen LogP contribution in [0.15, 0.2) is 76.6 Å². The Bertz CT molecular complexity index is 1460. The van der Waals surface area contributed by atoms with Crippen molar-refractivity contribution < 1.29 is 24.2 Å². The highest BCUT2D eigenvalue weighted by Crippen LogP contribution is 2.35. The molecule has 4 rings (SSSR count). The van der Waals surface area contributed by atoms with Crippen LogP contribution in [0.5, 0.6) is 11.5 Å². The molecule has 0 spiro atoms. The zero-order valence-electron chi connectivity index (χ0n) is 20.2. The van der Waals surface area contributed by atoms with Crippen LogP contribution in [0.3, 0.4) is 0 Å². The highest BCUT2D eigenvalue weighted by Gasteiger charge is 2.30. The minimum Gasteiger partial charge on any atom is -0.490 e. The minimum absolute atomic E-state index is 0.122. The first-order valence-electron chi connectivity index (χ1n) is 11.4. The van der Waals surface area contributed by atoms with Crippen LogP contribution in [0.4, 0.5) is 5.69 Å². The van der Waals surface area contributed by atoms with E-state index in [1.165, 1.54) is 28.8 Å². The number of aliphatic imine (C=N–C) groups is 1. The maximum atomic E-state index is 12.9. The molecule has 1 N–H and O–H groups in total. The number of ether oxygens (including phenoxy) is 2. The number of nitriles is 1. The van der Waals surface area contributed by atoms with Gasteiger partial charge in [0.25, 0.3) is 5.91 Å². The van der Waals surface area contributed by atoms with Crippen molar-refractivity contribution in [1.82, 2.24) is 4.90 Å². The molecule has 3 aromatic carbocycles. The van der Waals surface area contributed by atoms with Gasteiger partial charge in [0.05, 0.1) is 34.4 Å². The lowest BCUT2D eigenvalue weighted by Gasteiger charge is -2.13. The van der Waals surface area contributed by atoms with Crippen molar-refractivity contribution in [2.24, 2.45) is 4.99 Å². The molecule has 186 valence electrons. The summed E-state index contributed by atoms with van der Waals surface area (Å²) in [6, 6.07) is 21.0. The molecular formula is C28H23N3O5S. The van der Waals surface area contributed by atoms with E-state index >= 15 is 0 Å². The molecule has 0 atom stereocenters. The number of amides is 1. The Labute approximate surface area is 218 Å². The molecule has 1 aliphatic heterocycles. The van der Waals surface area contributed by atoms with Crippen molar-refractivity contribution in [2.45, 2.75) is 13.5 Å². The number of thioether (sulfide) groups is 1. The van der Waals surface area contributed by atoms with Crippen molar-refractivity contribution in [3.63, 3.8) is 0 Å². The molecule has 1 fully saturated rings. The van der Waals surface area contributed by atoms with Gasteiger partial charge in [0.2, 0.25) is 0 Å². The molecule has 0 saturated carbocycles. The van der Waals surface area contributed by atoms with Crippen LogP contribution in [0.25, 0.3) is 6.08 Å². The number of amidine groups is 1. The first-order valence-corrected chi connectivity index (χ1v) is 12.2. The second-order valence-corrected chi connectivity index (χ2v) is 8.93. The van der Waals surface area contributed by atoms with Gasteiger partial charge >= 0.3 is 5.97 Å². The third-order valence-electron chi connectivity index (χ3n) is 5.41. The molecule has 0 unspecified atom stereocenters. The molecule has 3 aromatic rings. The third kappa shape index (κ3) is 6.00. The van der Waals surface area contributed by atoms with E-state index < -0.39 is 5.97 Å². The summed E-state index contributed by atoms with van der Waals surface area (Å²) >= 11 is 1.20. The second-order valence-electron chi connectivity index (χ2n) is 7.92. The Hall–Kier alpha value is -4.55. The first kappa shape index (κ1) is 25.5. The number of hydrogen-bond acceptors (Lipinski definition) is 7. The molecular weight excluding hydrogens is 490 g/mol. The van der Waals surface area contributed by atoms with Crippen LogP contribution >= 0.6 is 11.8 Å². The van der Waals surface area contributed by atoms with Crippen LogP contribution in [-0.2, 0) is 11.4 Å². The predicted molar refractivity (Wildman–Crippen MR) is 142 cm³/mol. The lowest BCUT2D eigenvalue weighted by molar-refractivity contribution is -0.121. The molecule has 1 amide bonds. The summed E-state index contributed by atoms with van der Waals surface area (Å²) < 4.78 is 11.7. The van der Waals surface area contributed by atoms with E-state index in [9.17, 15) is 20.0 Å². The smallest absolute Gasteiger partial charge is 0.335 e. The van der Waals surface area contributed by atoms with E-state index in [4.69, 9.17) is 9.47 Å². The second kappa shape index (κ2) is 11.5. The Balaban J connectivity index is 1.56. The van der Waals surface area contributed by atoms with Crippen LogP contribution in [0.2, 0.25) is 0 Å². The minimum atomic E-state index is -1.04.